The van der Waals surface area contributed by atoms with Crippen LogP contribution >= 0.6 is 11.6 Å². The van der Waals surface area contributed by atoms with Crippen LogP contribution in [0, 0.1) is 0 Å². The first kappa shape index (κ1) is 19.3. The highest BCUT2D eigenvalue weighted by molar-refractivity contribution is 7.89. The van der Waals surface area contributed by atoms with Crippen LogP contribution in [0.25, 0.3) is 10.8 Å². The molecule has 142 valence electrons. The number of aryl methyl sites for hydroxylation is 1. The number of hydrogen-bond donors (Lipinski definition) is 2. The number of nitrogens with one attached hydrogen (secondary N) is 1. The Bertz CT molecular complexity index is 1080. The number of benzene rings is 2. The van der Waals surface area contributed by atoms with Gasteiger partial charge in [0.15, 0.2) is 5.69 Å². The van der Waals surface area contributed by atoms with Crippen molar-refractivity contribution in [3.8, 4) is 0 Å². The number of sulfonamides is 1. The van der Waals surface area contributed by atoms with Crippen LogP contribution in [-0.2, 0) is 16.6 Å². The van der Waals surface area contributed by atoms with Crippen LogP contribution in [0.5, 0.6) is 0 Å². The number of aromatic nitrogens is 3. The summed E-state index contributed by atoms with van der Waals surface area (Å²) >= 11 is 6.00. The number of rotatable bonds is 8. The third-order valence-electron chi connectivity index (χ3n) is 3.96. The fourth-order valence-electron chi connectivity index (χ4n) is 2.64. The highest BCUT2D eigenvalue weighted by Gasteiger charge is 2.17. The fraction of sp³-hybridized carbons (Fsp3) is 0.235. The molecule has 0 aliphatic rings. The minimum atomic E-state index is -3.68. The van der Waals surface area contributed by atoms with E-state index in [2.05, 4.69) is 15.0 Å². The molecular formula is C17H17ClN4O4S. The van der Waals surface area contributed by atoms with Gasteiger partial charge in [-0.25, -0.2) is 17.9 Å². The fourth-order valence-corrected chi connectivity index (χ4v) is 4.10. The molecular weight excluding hydrogens is 392 g/mol. The number of aromatic carboxylic acids is 1. The topological polar surface area (TPSA) is 114 Å². The summed E-state index contributed by atoms with van der Waals surface area (Å²) in [6.07, 6.45) is 2.52. The van der Waals surface area contributed by atoms with E-state index in [4.69, 9.17) is 16.7 Å². The van der Waals surface area contributed by atoms with Gasteiger partial charge >= 0.3 is 5.97 Å². The number of carbonyl (C=O) groups is 1. The molecule has 0 aliphatic heterocycles. The molecule has 2 aromatic carbocycles. The maximum atomic E-state index is 12.6. The number of fused-ring (bicyclic) bond motifs is 1. The molecule has 0 aliphatic carbocycles. The SMILES string of the molecule is O=C(O)c1cn(CCCCNS(=O)(=O)c2cccc3ccc(Cl)cc23)nn1. The average Bonchev–Trinajstić information content (AvgIpc) is 3.10. The van der Waals surface area contributed by atoms with Crippen molar-refractivity contribution in [2.24, 2.45) is 0 Å². The van der Waals surface area contributed by atoms with Crippen molar-refractivity contribution in [2.75, 3.05) is 6.54 Å². The van der Waals surface area contributed by atoms with Gasteiger partial charge in [-0.3, -0.25) is 4.68 Å². The van der Waals surface area contributed by atoms with Gasteiger partial charge in [0, 0.05) is 23.5 Å². The molecule has 2 N–H and O–H groups in total. The first-order valence-electron chi connectivity index (χ1n) is 8.18. The molecule has 0 radical (unpaired) electrons. The van der Waals surface area contributed by atoms with Gasteiger partial charge in [-0.1, -0.05) is 35.0 Å². The summed E-state index contributed by atoms with van der Waals surface area (Å²) in [5.74, 6) is -1.13. The zero-order valence-corrected chi connectivity index (χ0v) is 15.7. The van der Waals surface area contributed by atoms with Crippen LogP contribution in [0.3, 0.4) is 0 Å². The molecule has 1 aromatic heterocycles. The van der Waals surface area contributed by atoms with Crippen molar-refractivity contribution >= 4 is 38.4 Å². The lowest BCUT2D eigenvalue weighted by Crippen LogP contribution is -2.25. The van der Waals surface area contributed by atoms with E-state index in [1.165, 1.54) is 10.9 Å². The lowest BCUT2D eigenvalue weighted by Gasteiger charge is -2.10. The zero-order valence-electron chi connectivity index (χ0n) is 14.2. The Labute approximate surface area is 160 Å². The van der Waals surface area contributed by atoms with Crippen LogP contribution in [-0.4, -0.2) is 41.0 Å². The lowest BCUT2D eigenvalue weighted by molar-refractivity contribution is 0.0690. The quantitative estimate of drug-likeness (QED) is 0.553. The van der Waals surface area contributed by atoms with E-state index in [1.807, 2.05) is 6.07 Å². The van der Waals surface area contributed by atoms with Crippen molar-refractivity contribution in [1.29, 1.82) is 0 Å². The zero-order chi connectivity index (χ0) is 19.4. The molecule has 0 saturated heterocycles. The molecule has 3 rings (SSSR count). The smallest absolute Gasteiger partial charge is 0.358 e. The van der Waals surface area contributed by atoms with Crippen molar-refractivity contribution < 1.29 is 18.3 Å². The summed E-state index contributed by atoms with van der Waals surface area (Å²) < 4.78 is 29.3. The Morgan fingerprint density at radius 3 is 2.78 bits per heavy atom. The summed E-state index contributed by atoms with van der Waals surface area (Å²) in [6, 6.07) is 10.2. The lowest BCUT2D eigenvalue weighted by atomic mass is 10.1. The summed E-state index contributed by atoms with van der Waals surface area (Å²) in [5, 5.41) is 17.9. The molecule has 3 aromatic rings. The van der Waals surface area contributed by atoms with Gasteiger partial charge in [0.05, 0.1) is 11.1 Å². The normalized spacial score (nSPS) is 11.7. The first-order chi connectivity index (χ1) is 12.9. The van der Waals surface area contributed by atoms with Crippen molar-refractivity contribution in [1.82, 2.24) is 19.7 Å². The maximum Gasteiger partial charge on any atom is 0.358 e. The third-order valence-corrected chi connectivity index (χ3v) is 5.71. The van der Waals surface area contributed by atoms with E-state index < -0.39 is 16.0 Å². The van der Waals surface area contributed by atoms with E-state index in [9.17, 15) is 13.2 Å². The molecule has 1 heterocycles. The molecule has 8 nitrogen and oxygen atoms in total. The van der Waals surface area contributed by atoms with Gasteiger partial charge in [-0.05, 0) is 36.4 Å². The Hall–Kier alpha value is -2.49. The average molecular weight is 409 g/mol. The molecule has 0 unspecified atom stereocenters. The predicted octanol–water partition coefficient (Wildman–Crippen LogP) is 2.54. The minimum absolute atomic E-state index is 0.120. The van der Waals surface area contributed by atoms with Crippen LogP contribution in [0.15, 0.2) is 47.5 Å². The van der Waals surface area contributed by atoms with E-state index in [-0.39, 0.29) is 17.1 Å². The van der Waals surface area contributed by atoms with Crippen LogP contribution < -0.4 is 4.72 Å². The number of halogens is 1. The number of nitrogens with zero attached hydrogens (tertiary/aromatic N) is 3. The molecule has 0 bridgehead atoms. The standard InChI is InChI=1S/C17H17ClN4O4S/c18-13-7-6-12-4-3-5-16(14(12)10-13)27(25,26)19-8-1-2-9-22-11-15(17(23)24)20-21-22/h3-7,10-11,19H,1-2,8-9H2,(H,23,24). The van der Waals surface area contributed by atoms with E-state index in [0.717, 1.165) is 5.39 Å². The number of hydrogen-bond acceptors (Lipinski definition) is 5. The van der Waals surface area contributed by atoms with Crippen LogP contribution in [0.1, 0.15) is 23.3 Å². The number of carboxylic acids is 1. The van der Waals surface area contributed by atoms with Gasteiger partial charge in [-0.2, -0.15) is 0 Å². The summed E-state index contributed by atoms with van der Waals surface area (Å²) in [7, 11) is -3.68. The van der Waals surface area contributed by atoms with Gasteiger partial charge in [-0.15, -0.1) is 5.10 Å². The summed E-state index contributed by atoms with van der Waals surface area (Å²) in [5.41, 5.74) is -0.120. The second kappa shape index (κ2) is 8.03. The number of unbranched alkanes of at least 4 members (excludes halogenated alkanes) is 1. The van der Waals surface area contributed by atoms with E-state index in [0.29, 0.717) is 29.8 Å². The van der Waals surface area contributed by atoms with Crippen LogP contribution in [0.2, 0.25) is 5.02 Å². The predicted molar refractivity (Wildman–Crippen MR) is 100 cm³/mol. The van der Waals surface area contributed by atoms with Crippen molar-refractivity contribution in [3.05, 3.63) is 53.3 Å². The largest absolute Gasteiger partial charge is 0.476 e. The minimum Gasteiger partial charge on any atom is -0.476 e. The maximum absolute atomic E-state index is 12.6. The Morgan fingerprint density at radius 2 is 2.04 bits per heavy atom. The molecule has 0 fully saturated rings. The molecule has 27 heavy (non-hydrogen) atoms. The second-order valence-electron chi connectivity index (χ2n) is 5.90. The molecule has 0 atom stereocenters. The number of carboxylic acid groups (broad SMARTS) is 1. The van der Waals surface area contributed by atoms with Gasteiger partial charge in [0.1, 0.15) is 0 Å². The molecule has 0 spiro atoms. The van der Waals surface area contributed by atoms with Crippen LogP contribution in [0.4, 0.5) is 0 Å². The van der Waals surface area contributed by atoms with E-state index in [1.54, 1.807) is 30.3 Å². The van der Waals surface area contributed by atoms with Gasteiger partial charge in [0.2, 0.25) is 10.0 Å². The molecule has 10 heteroatoms. The monoisotopic (exact) mass is 408 g/mol. The molecule has 0 amide bonds. The molecule has 0 saturated carbocycles. The Balaban J connectivity index is 1.59. The Morgan fingerprint density at radius 1 is 1.22 bits per heavy atom. The summed E-state index contributed by atoms with van der Waals surface area (Å²) in [6.45, 7) is 0.700. The second-order valence-corrected chi connectivity index (χ2v) is 8.07. The van der Waals surface area contributed by atoms with Gasteiger partial charge < -0.3 is 5.11 Å². The van der Waals surface area contributed by atoms with Gasteiger partial charge in [0.25, 0.3) is 0 Å². The van der Waals surface area contributed by atoms with Crippen molar-refractivity contribution in [3.63, 3.8) is 0 Å². The summed E-state index contributed by atoms with van der Waals surface area (Å²) in [4.78, 5) is 10.9. The highest BCUT2D eigenvalue weighted by Crippen LogP contribution is 2.25. The third kappa shape index (κ3) is 4.62. The van der Waals surface area contributed by atoms with E-state index >= 15 is 0 Å². The first-order valence-corrected chi connectivity index (χ1v) is 10.0. The Kier molecular flexibility index (Phi) is 5.73. The highest BCUT2D eigenvalue weighted by atomic mass is 35.5. The van der Waals surface area contributed by atoms with Crippen molar-refractivity contribution in [2.45, 2.75) is 24.3 Å².